The zero-order chi connectivity index (χ0) is 12.1. The Kier molecular flexibility index (Phi) is 5.11. The minimum atomic E-state index is -4.32. The fourth-order valence-electron chi connectivity index (χ4n) is 0.838. The van der Waals surface area contributed by atoms with Crippen molar-refractivity contribution in [1.29, 1.82) is 0 Å². The molecule has 0 unspecified atom stereocenters. The van der Waals surface area contributed by atoms with Gasteiger partial charge in [-0.15, -0.1) is 6.42 Å². The zero-order valence-electron chi connectivity index (χ0n) is 8.21. The number of alkyl halides is 3. The molecule has 0 bridgehead atoms. The number of nitrogens with zero attached hydrogens (tertiary/aromatic N) is 1. The smallest absolute Gasteiger partial charge is 0.212 e. The monoisotopic (exact) mass is 243 g/mol. The molecule has 0 saturated heterocycles. The first-order valence-corrected chi connectivity index (χ1v) is 5.74. The Morgan fingerprint density at radius 3 is 2.33 bits per heavy atom. The van der Waals surface area contributed by atoms with Crippen LogP contribution in [0.25, 0.3) is 0 Å². The summed E-state index contributed by atoms with van der Waals surface area (Å²) >= 11 is 0. The first kappa shape index (κ1) is 14.3. The molecule has 0 radical (unpaired) electrons. The Labute approximate surface area is 87.3 Å². The van der Waals surface area contributed by atoms with Gasteiger partial charge >= 0.3 is 6.18 Å². The lowest BCUT2D eigenvalue weighted by atomic mass is 10.3. The van der Waals surface area contributed by atoms with E-state index in [4.69, 9.17) is 6.42 Å². The highest BCUT2D eigenvalue weighted by Crippen LogP contribution is 2.21. The van der Waals surface area contributed by atoms with Crippen molar-refractivity contribution in [2.45, 2.75) is 19.0 Å². The molecule has 0 aromatic carbocycles. The van der Waals surface area contributed by atoms with Crippen LogP contribution in [0, 0.1) is 12.3 Å². The lowest BCUT2D eigenvalue weighted by Gasteiger charge is -2.14. The summed E-state index contributed by atoms with van der Waals surface area (Å²) in [6.45, 7) is -0.131. The van der Waals surface area contributed by atoms with Crippen molar-refractivity contribution in [2.24, 2.45) is 0 Å². The van der Waals surface area contributed by atoms with Crippen molar-refractivity contribution in [3.8, 4) is 12.3 Å². The maximum atomic E-state index is 11.7. The van der Waals surface area contributed by atoms with E-state index in [9.17, 15) is 21.6 Å². The zero-order valence-corrected chi connectivity index (χ0v) is 9.03. The summed E-state index contributed by atoms with van der Waals surface area (Å²) in [5.74, 6) is 1.57. The molecule has 0 rings (SSSR count). The molecule has 0 amide bonds. The van der Waals surface area contributed by atoms with Crippen molar-refractivity contribution in [3.63, 3.8) is 0 Å². The van der Waals surface area contributed by atoms with E-state index in [1.165, 1.54) is 7.05 Å². The van der Waals surface area contributed by atoms with Gasteiger partial charge in [0.05, 0.1) is 12.3 Å². The van der Waals surface area contributed by atoms with E-state index in [1.807, 2.05) is 0 Å². The molecule has 3 nitrogen and oxygen atoms in total. The van der Waals surface area contributed by atoms with Gasteiger partial charge in [-0.2, -0.15) is 17.5 Å². The average molecular weight is 243 g/mol. The standard InChI is InChI=1S/C8H12F3NO2S/c1-3-6-12(2)15(13,14)7-4-5-8(9,10)11/h1H,4-7H2,2H3. The second-order valence-corrected chi connectivity index (χ2v) is 5.19. The normalized spacial score (nSPS) is 12.8. The third-order valence-corrected chi connectivity index (χ3v) is 3.53. The van der Waals surface area contributed by atoms with Gasteiger partial charge in [0, 0.05) is 13.5 Å². The van der Waals surface area contributed by atoms with Crippen LogP contribution in [0.3, 0.4) is 0 Å². The largest absolute Gasteiger partial charge is 0.389 e. The van der Waals surface area contributed by atoms with Crippen LogP contribution in [0.15, 0.2) is 0 Å². The van der Waals surface area contributed by atoms with Crippen LogP contribution in [0.4, 0.5) is 13.2 Å². The summed E-state index contributed by atoms with van der Waals surface area (Å²) < 4.78 is 58.6. The van der Waals surface area contributed by atoms with Gasteiger partial charge in [-0.25, -0.2) is 8.42 Å². The molecule has 0 spiro atoms. The van der Waals surface area contributed by atoms with Crippen LogP contribution in [0.2, 0.25) is 0 Å². The maximum absolute atomic E-state index is 11.7. The summed E-state index contributed by atoms with van der Waals surface area (Å²) in [5.41, 5.74) is 0. The molecule has 7 heteroatoms. The molecule has 88 valence electrons. The molecule has 0 saturated carbocycles. The number of halogens is 3. The van der Waals surface area contributed by atoms with Gasteiger partial charge in [0.2, 0.25) is 10.0 Å². The van der Waals surface area contributed by atoms with Crippen molar-refractivity contribution in [2.75, 3.05) is 19.3 Å². The molecule has 0 aromatic heterocycles. The van der Waals surface area contributed by atoms with E-state index >= 15 is 0 Å². The molecule has 0 atom stereocenters. The van der Waals surface area contributed by atoms with Gasteiger partial charge in [0.1, 0.15) is 0 Å². The Balaban J connectivity index is 4.13. The van der Waals surface area contributed by atoms with Gasteiger partial charge in [-0.1, -0.05) is 5.92 Å². The highest BCUT2D eigenvalue weighted by Gasteiger charge is 2.28. The molecule has 0 aliphatic heterocycles. The third-order valence-electron chi connectivity index (χ3n) is 1.65. The van der Waals surface area contributed by atoms with Crippen LogP contribution in [-0.4, -0.2) is 38.2 Å². The minimum absolute atomic E-state index is 0.131. The Morgan fingerprint density at radius 2 is 1.93 bits per heavy atom. The topological polar surface area (TPSA) is 37.4 Å². The second kappa shape index (κ2) is 5.37. The lowest BCUT2D eigenvalue weighted by molar-refractivity contribution is -0.134. The fraction of sp³-hybridized carbons (Fsp3) is 0.750. The Bertz CT molecular complexity index is 329. The lowest BCUT2D eigenvalue weighted by Crippen LogP contribution is -2.30. The number of hydrogen-bond donors (Lipinski definition) is 0. The highest BCUT2D eigenvalue weighted by atomic mass is 32.2. The molecule has 0 heterocycles. The summed E-state index contributed by atoms with van der Waals surface area (Å²) in [6.07, 6.45) is -0.976. The molecule has 0 fully saturated rings. The van der Waals surface area contributed by atoms with Crippen LogP contribution in [0.1, 0.15) is 12.8 Å². The van der Waals surface area contributed by atoms with Gasteiger partial charge in [0.25, 0.3) is 0 Å². The van der Waals surface area contributed by atoms with E-state index in [0.717, 1.165) is 4.31 Å². The molecular formula is C8H12F3NO2S. The van der Waals surface area contributed by atoms with Gasteiger partial charge < -0.3 is 0 Å². The predicted octanol–water partition coefficient (Wildman–Crippen LogP) is 1.22. The van der Waals surface area contributed by atoms with Crippen LogP contribution >= 0.6 is 0 Å². The first-order chi connectivity index (χ1) is 6.69. The SMILES string of the molecule is C#CCN(C)S(=O)(=O)CCCC(F)(F)F. The van der Waals surface area contributed by atoms with E-state index < -0.39 is 34.8 Å². The van der Waals surface area contributed by atoms with E-state index in [2.05, 4.69) is 5.92 Å². The van der Waals surface area contributed by atoms with Crippen LogP contribution in [0.5, 0.6) is 0 Å². The third kappa shape index (κ3) is 6.36. The van der Waals surface area contributed by atoms with Crippen molar-refractivity contribution in [3.05, 3.63) is 0 Å². The predicted molar refractivity (Wildman–Crippen MR) is 50.5 cm³/mol. The maximum Gasteiger partial charge on any atom is 0.389 e. The summed E-state index contributed by atoms with van der Waals surface area (Å²) in [5, 5.41) is 0. The molecule has 0 aliphatic rings. The fourth-order valence-corrected chi connectivity index (χ4v) is 1.93. The Hall–Kier alpha value is -0.740. The van der Waals surface area contributed by atoms with Gasteiger partial charge in [0.15, 0.2) is 0 Å². The van der Waals surface area contributed by atoms with Crippen molar-refractivity contribution < 1.29 is 21.6 Å². The molecule has 0 aromatic rings. The van der Waals surface area contributed by atoms with Crippen molar-refractivity contribution >= 4 is 10.0 Å². The minimum Gasteiger partial charge on any atom is -0.212 e. The number of hydrogen-bond acceptors (Lipinski definition) is 2. The van der Waals surface area contributed by atoms with E-state index in [1.54, 1.807) is 0 Å². The Morgan fingerprint density at radius 1 is 1.40 bits per heavy atom. The van der Waals surface area contributed by atoms with E-state index in [-0.39, 0.29) is 6.54 Å². The van der Waals surface area contributed by atoms with Gasteiger partial charge in [-0.05, 0) is 6.42 Å². The number of terminal acetylenes is 1. The molecule has 15 heavy (non-hydrogen) atoms. The summed E-state index contributed by atoms with van der Waals surface area (Å²) in [7, 11) is -2.42. The highest BCUT2D eigenvalue weighted by molar-refractivity contribution is 7.89. The molecular weight excluding hydrogens is 231 g/mol. The number of rotatable bonds is 5. The first-order valence-electron chi connectivity index (χ1n) is 4.13. The van der Waals surface area contributed by atoms with Crippen LogP contribution < -0.4 is 0 Å². The summed E-state index contributed by atoms with van der Waals surface area (Å²) in [4.78, 5) is 0. The van der Waals surface area contributed by atoms with Crippen molar-refractivity contribution in [1.82, 2.24) is 4.31 Å². The van der Waals surface area contributed by atoms with E-state index in [0.29, 0.717) is 0 Å². The van der Waals surface area contributed by atoms with Gasteiger partial charge in [-0.3, -0.25) is 0 Å². The molecule has 0 N–H and O–H groups in total. The molecule has 0 aliphatic carbocycles. The van der Waals surface area contributed by atoms with Crippen LogP contribution in [-0.2, 0) is 10.0 Å². The summed E-state index contributed by atoms with van der Waals surface area (Å²) in [6, 6.07) is 0. The average Bonchev–Trinajstić information content (AvgIpc) is 2.01. The second-order valence-electron chi connectivity index (χ2n) is 2.99. The quantitative estimate of drug-likeness (QED) is 0.681. The number of sulfonamides is 1.